The summed E-state index contributed by atoms with van der Waals surface area (Å²) >= 11 is 1.25. The van der Waals surface area contributed by atoms with Crippen LogP contribution in [-0.4, -0.2) is 15.8 Å². The smallest absolute Gasteiger partial charge is 0.272 e. The molecule has 0 spiro atoms. The van der Waals surface area contributed by atoms with Crippen LogP contribution in [0.4, 0.5) is 15.2 Å². The number of nitro groups is 1. The molecule has 1 aromatic heterocycles. The summed E-state index contributed by atoms with van der Waals surface area (Å²) in [6, 6.07) is 10.9. The average molecular weight is 385 g/mol. The lowest BCUT2D eigenvalue weighted by atomic mass is 10.1. The topological polar surface area (TPSA) is 85.1 Å². The first-order chi connectivity index (χ1) is 12.9. The van der Waals surface area contributed by atoms with Crippen molar-refractivity contribution >= 4 is 28.1 Å². The zero-order valence-electron chi connectivity index (χ0n) is 14.4. The lowest BCUT2D eigenvalue weighted by molar-refractivity contribution is -0.385. The van der Waals surface area contributed by atoms with Gasteiger partial charge in [0.05, 0.1) is 10.6 Å². The van der Waals surface area contributed by atoms with Crippen molar-refractivity contribution in [2.45, 2.75) is 19.8 Å². The summed E-state index contributed by atoms with van der Waals surface area (Å²) in [7, 11) is 0. The lowest BCUT2D eigenvalue weighted by Gasteiger charge is -2.03. The van der Waals surface area contributed by atoms with Gasteiger partial charge in [-0.25, -0.2) is 9.37 Å². The molecule has 27 heavy (non-hydrogen) atoms. The van der Waals surface area contributed by atoms with Gasteiger partial charge in [-0.15, -0.1) is 11.3 Å². The zero-order chi connectivity index (χ0) is 19.4. The Morgan fingerprint density at radius 1 is 1.26 bits per heavy atom. The number of anilines is 1. The molecule has 6 nitrogen and oxygen atoms in total. The fourth-order valence-electron chi connectivity index (χ4n) is 2.52. The van der Waals surface area contributed by atoms with Crippen LogP contribution in [0.2, 0.25) is 0 Å². The van der Waals surface area contributed by atoms with E-state index in [2.05, 4.69) is 10.3 Å². The molecule has 0 aliphatic heterocycles. The third-order valence-corrected chi connectivity index (χ3v) is 4.76. The summed E-state index contributed by atoms with van der Waals surface area (Å²) in [5, 5.41) is 16.0. The van der Waals surface area contributed by atoms with Crippen molar-refractivity contribution in [3.63, 3.8) is 0 Å². The van der Waals surface area contributed by atoms with E-state index in [0.717, 1.165) is 5.56 Å². The molecule has 2 aromatic carbocycles. The summed E-state index contributed by atoms with van der Waals surface area (Å²) in [6.45, 7) is 1.68. The van der Waals surface area contributed by atoms with E-state index < -0.39 is 4.92 Å². The maximum absolute atomic E-state index is 12.9. The molecule has 0 atom stereocenters. The molecular weight excluding hydrogens is 369 g/mol. The highest BCUT2D eigenvalue weighted by Crippen LogP contribution is 2.29. The van der Waals surface area contributed by atoms with Crippen molar-refractivity contribution in [1.82, 2.24) is 4.98 Å². The highest BCUT2D eigenvalue weighted by molar-refractivity contribution is 7.14. The zero-order valence-corrected chi connectivity index (χ0v) is 15.3. The number of halogens is 1. The molecule has 0 bridgehead atoms. The molecular formula is C19H16FN3O3S. The van der Waals surface area contributed by atoms with Crippen molar-refractivity contribution < 1.29 is 14.1 Å². The predicted octanol–water partition coefficient (Wildman–Crippen LogP) is 4.74. The van der Waals surface area contributed by atoms with Gasteiger partial charge >= 0.3 is 0 Å². The molecule has 0 saturated carbocycles. The maximum atomic E-state index is 12.9. The quantitative estimate of drug-likeness (QED) is 0.491. The van der Waals surface area contributed by atoms with Crippen LogP contribution in [0.15, 0.2) is 47.8 Å². The SMILES string of the molecule is Cc1ccc(-c2csc(NC(=O)CCc3ccc(F)cc3)n2)cc1[N+](=O)[O-]. The number of rotatable bonds is 6. The highest BCUT2D eigenvalue weighted by Gasteiger charge is 2.14. The second kappa shape index (κ2) is 8.05. The van der Waals surface area contributed by atoms with Gasteiger partial charge < -0.3 is 5.32 Å². The normalized spacial score (nSPS) is 10.6. The molecule has 8 heteroatoms. The van der Waals surface area contributed by atoms with Crippen LogP contribution in [0.5, 0.6) is 0 Å². The van der Waals surface area contributed by atoms with Crippen LogP contribution in [0.3, 0.4) is 0 Å². The average Bonchev–Trinajstić information content (AvgIpc) is 3.10. The third kappa shape index (κ3) is 4.73. The molecule has 3 aromatic rings. The Labute approximate surface area is 158 Å². The Kier molecular flexibility index (Phi) is 5.56. The molecule has 0 saturated heterocycles. The summed E-state index contributed by atoms with van der Waals surface area (Å²) in [4.78, 5) is 27.1. The Hall–Kier alpha value is -3.13. The van der Waals surface area contributed by atoms with Gasteiger partial charge in [0.25, 0.3) is 5.69 Å². The number of nitro benzene ring substituents is 1. The van der Waals surface area contributed by atoms with E-state index in [1.165, 1.54) is 29.5 Å². The van der Waals surface area contributed by atoms with Crippen molar-refractivity contribution in [2.75, 3.05) is 5.32 Å². The van der Waals surface area contributed by atoms with Gasteiger partial charge in [-0.2, -0.15) is 0 Å². The van der Waals surface area contributed by atoms with E-state index in [9.17, 15) is 19.3 Å². The molecule has 1 amide bonds. The fourth-order valence-corrected chi connectivity index (χ4v) is 3.26. The minimum Gasteiger partial charge on any atom is -0.302 e. The van der Waals surface area contributed by atoms with Crippen LogP contribution in [0.1, 0.15) is 17.5 Å². The summed E-state index contributed by atoms with van der Waals surface area (Å²) < 4.78 is 12.9. The number of thiazole rings is 1. The molecule has 3 rings (SSSR count). The number of carbonyl (C=O) groups excluding carboxylic acids is 1. The summed E-state index contributed by atoms with van der Waals surface area (Å²) in [6.07, 6.45) is 0.741. The number of nitrogens with one attached hydrogen (secondary N) is 1. The molecule has 1 heterocycles. The number of benzene rings is 2. The summed E-state index contributed by atoms with van der Waals surface area (Å²) in [5.41, 5.74) is 2.67. The van der Waals surface area contributed by atoms with E-state index >= 15 is 0 Å². The molecule has 0 aliphatic rings. The van der Waals surface area contributed by atoms with Crippen molar-refractivity contribution in [3.05, 3.63) is 74.9 Å². The van der Waals surface area contributed by atoms with Gasteiger partial charge in [0.15, 0.2) is 5.13 Å². The van der Waals surface area contributed by atoms with Crippen molar-refractivity contribution in [1.29, 1.82) is 0 Å². The first kappa shape index (κ1) is 18.7. The molecule has 0 radical (unpaired) electrons. The number of nitrogens with zero attached hydrogens (tertiary/aromatic N) is 2. The molecule has 1 N–H and O–H groups in total. The van der Waals surface area contributed by atoms with Crippen LogP contribution in [-0.2, 0) is 11.2 Å². The van der Waals surface area contributed by atoms with Gasteiger partial charge in [0.1, 0.15) is 5.82 Å². The number of aryl methyl sites for hydroxylation is 2. The monoisotopic (exact) mass is 385 g/mol. The molecule has 0 aliphatic carbocycles. The second-order valence-corrected chi connectivity index (χ2v) is 6.83. The van der Waals surface area contributed by atoms with Crippen molar-refractivity contribution in [3.8, 4) is 11.3 Å². The fraction of sp³-hybridized carbons (Fsp3) is 0.158. The minimum absolute atomic E-state index is 0.0328. The maximum Gasteiger partial charge on any atom is 0.272 e. The molecule has 0 fully saturated rings. The number of carbonyl (C=O) groups is 1. The molecule has 138 valence electrons. The summed E-state index contributed by atoms with van der Waals surface area (Å²) in [5.74, 6) is -0.509. The minimum atomic E-state index is -0.427. The first-order valence-corrected chi connectivity index (χ1v) is 9.05. The lowest BCUT2D eigenvalue weighted by Crippen LogP contribution is -2.12. The second-order valence-electron chi connectivity index (χ2n) is 5.97. The number of amides is 1. The predicted molar refractivity (Wildman–Crippen MR) is 102 cm³/mol. The number of aromatic nitrogens is 1. The van der Waals surface area contributed by atoms with Crippen LogP contribution in [0.25, 0.3) is 11.3 Å². The Bertz CT molecular complexity index is 986. The largest absolute Gasteiger partial charge is 0.302 e. The van der Waals surface area contributed by atoms with Gasteiger partial charge in [0.2, 0.25) is 5.91 Å². The van der Waals surface area contributed by atoms with E-state index in [1.807, 2.05) is 0 Å². The standard InChI is InChI=1S/C19H16FN3O3S/c1-12-2-6-14(10-17(12)23(25)26)16-11-27-19(21-16)22-18(24)9-5-13-3-7-15(20)8-4-13/h2-4,6-8,10-11H,5,9H2,1H3,(H,21,22,24). The van der Waals surface area contributed by atoms with E-state index in [0.29, 0.717) is 28.4 Å². The van der Waals surface area contributed by atoms with Crippen LogP contribution in [0, 0.1) is 22.9 Å². The van der Waals surface area contributed by atoms with E-state index in [-0.39, 0.29) is 23.8 Å². The molecule has 0 unspecified atom stereocenters. The van der Waals surface area contributed by atoms with Gasteiger partial charge in [-0.05, 0) is 31.0 Å². The van der Waals surface area contributed by atoms with E-state index in [4.69, 9.17) is 0 Å². The highest BCUT2D eigenvalue weighted by atomic mass is 32.1. The number of hydrogen-bond donors (Lipinski definition) is 1. The van der Waals surface area contributed by atoms with E-state index in [1.54, 1.807) is 36.6 Å². The van der Waals surface area contributed by atoms with Gasteiger partial charge in [-0.1, -0.05) is 24.3 Å². The Morgan fingerprint density at radius 2 is 2.00 bits per heavy atom. The third-order valence-electron chi connectivity index (χ3n) is 4.01. The first-order valence-electron chi connectivity index (χ1n) is 8.17. The van der Waals surface area contributed by atoms with Gasteiger partial charge in [-0.3, -0.25) is 14.9 Å². The van der Waals surface area contributed by atoms with Crippen LogP contribution < -0.4 is 5.32 Å². The Morgan fingerprint density at radius 3 is 2.70 bits per heavy atom. The van der Waals surface area contributed by atoms with Crippen molar-refractivity contribution in [2.24, 2.45) is 0 Å². The van der Waals surface area contributed by atoms with Gasteiger partial charge in [0, 0.05) is 29.0 Å². The Balaban J connectivity index is 1.63. The number of hydrogen-bond acceptors (Lipinski definition) is 5. The van der Waals surface area contributed by atoms with Crippen LogP contribution >= 0.6 is 11.3 Å².